The molecule has 0 spiro atoms. The molecule has 0 atom stereocenters. The lowest BCUT2D eigenvalue weighted by Crippen LogP contribution is -2.15. The van der Waals surface area contributed by atoms with Crippen LogP contribution in [-0.2, 0) is 11.3 Å². The summed E-state index contributed by atoms with van der Waals surface area (Å²) in [5.41, 5.74) is 2.47. The molecule has 1 aromatic carbocycles. The van der Waals surface area contributed by atoms with Gasteiger partial charge in [-0.25, -0.2) is 4.79 Å². The number of hydrogen-bond donors (Lipinski definition) is 0. The highest BCUT2D eigenvalue weighted by molar-refractivity contribution is 5.89. The summed E-state index contributed by atoms with van der Waals surface area (Å²) in [4.78, 5) is 11.9. The Morgan fingerprint density at radius 1 is 1.33 bits per heavy atom. The predicted octanol–water partition coefficient (Wildman–Crippen LogP) is 2.42. The normalized spacial score (nSPS) is 10.3. The number of carbonyl (C=O) groups is 1. The fourth-order valence-corrected chi connectivity index (χ4v) is 1.82. The summed E-state index contributed by atoms with van der Waals surface area (Å²) in [6.45, 7) is 4.60. The molecule has 0 aliphatic heterocycles. The Kier molecular flexibility index (Phi) is 3.77. The lowest BCUT2D eigenvalue weighted by Gasteiger charge is -2.07. The second kappa shape index (κ2) is 5.49. The van der Waals surface area contributed by atoms with E-state index in [0.717, 1.165) is 11.1 Å². The average molecular weight is 244 g/mol. The van der Waals surface area contributed by atoms with Crippen molar-refractivity contribution in [2.24, 2.45) is 0 Å². The van der Waals surface area contributed by atoms with Gasteiger partial charge in [-0.05, 0) is 19.4 Å². The molecule has 94 valence electrons. The first kappa shape index (κ1) is 12.4. The van der Waals surface area contributed by atoms with Gasteiger partial charge in [0.1, 0.15) is 5.69 Å². The molecule has 4 heteroatoms. The highest BCUT2D eigenvalue weighted by Gasteiger charge is 2.17. The smallest absolute Gasteiger partial charge is 0.356 e. The van der Waals surface area contributed by atoms with E-state index in [9.17, 15) is 4.79 Å². The number of carbonyl (C=O) groups excluding carboxylic acids is 1. The lowest BCUT2D eigenvalue weighted by molar-refractivity contribution is 0.0511. The number of esters is 1. The largest absolute Gasteiger partial charge is 0.461 e. The van der Waals surface area contributed by atoms with Gasteiger partial charge in [0.15, 0.2) is 0 Å². The van der Waals surface area contributed by atoms with Crippen LogP contribution in [0.1, 0.15) is 28.5 Å². The fraction of sp³-hybridized carbons (Fsp3) is 0.286. The van der Waals surface area contributed by atoms with E-state index in [2.05, 4.69) is 5.10 Å². The maximum atomic E-state index is 11.9. The molecule has 4 nitrogen and oxygen atoms in total. The summed E-state index contributed by atoms with van der Waals surface area (Å²) in [7, 11) is 0. The van der Waals surface area contributed by atoms with Crippen LogP contribution in [0.2, 0.25) is 0 Å². The molecular formula is C14H16N2O2. The van der Waals surface area contributed by atoms with Gasteiger partial charge < -0.3 is 4.74 Å². The summed E-state index contributed by atoms with van der Waals surface area (Å²) < 4.78 is 6.73. The Hall–Kier alpha value is -2.10. The molecule has 0 amide bonds. The molecule has 1 aromatic heterocycles. The van der Waals surface area contributed by atoms with Crippen LogP contribution in [0, 0.1) is 6.92 Å². The number of aryl methyl sites for hydroxylation is 1. The van der Waals surface area contributed by atoms with E-state index >= 15 is 0 Å². The monoisotopic (exact) mass is 244 g/mol. The van der Waals surface area contributed by atoms with Crippen LogP contribution in [0.3, 0.4) is 0 Å². The molecule has 0 saturated heterocycles. The van der Waals surface area contributed by atoms with Crippen molar-refractivity contribution in [1.29, 1.82) is 0 Å². The Morgan fingerprint density at radius 2 is 2.06 bits per heavy atom. The molecule has 0 unspecified atom stereocenters. The highest BCUT2D eigenvalue weighted by Crippen LogP contribution is 2.11. The number of nitrogens with zero attached hydrogens (tertiary/aromatic N) is 2. The van der Waals surface area contributed by atoms with E-state index in [1.54, 1.807) is 17.8 Å². The Labute approximate surface area is 106 Å². The van der Waals surface area contributed by atoms with Gasteiger partial charge >= 0.3 is 5.97 Å². The molecule has 0 aliphatic rings. The summed E-state index contributed by atoms with van der Waals surface area (Å²) in [5, 5.41) is 4.23. The predicted molar refractivity (Wildman–Crippen MR) is 68.5 cm³/mol. The molecule has 0 aliphatic carbocycles. The number of hydrogen-bond acceptors (Lipinski definition) is 3. The van der Waals surface area contributed by atoms with Crippen molar-refractivity contribution in [3.05, 3.63) is 53.3 Å². The SMILES string of the molecule is CCOC(=O)c1c(C)cnn1Cc1ccccc1. The molecular weight excluding hydrogens is 228 g/mol. The molecule has 0 radical (unpaired) electrons. The van der Waals surface area contributed by atoms with Gasteiger partial charge in [-0.2, -0.15) is 5.10 Å². The van der Waals surface area contributed by atoms with E-state index in [1.165, 1.54) is 0 Å². The first-order valence-corrected chi connectivity index (χ1v) is 5.95. The lowest BCUT2D eigenvalue weighted by atomic mass is 10.2. The quantitative estimate of drug-likeness (QED) is 0.776. The second-order valence-electron chi connectivity index (χ2n) is 4.04. The third-order valence-electron chi connectivity index (χ3n) is 2.67. The molecule has 0 bridgehead atoms. The van der Waals surface area contributed by atoms with Crippen LogP contribution in [0.4, 0.5) is 0 Å². The number of ether oxygens (including phenoxy) is 1. The van der Waals surface area contributed by atoms with E-state index in [0.29, 0.717) is 18.8 Å². The Bertz CT molecular complexity index is 532. The fourth-order valence-electron chi connectivity index (χ4n) is 1.82. The van der Waals surface area contributed by atoms with Crippen LogP contribution in [-0.4, -0.2) is 22.4 Å². The number of benzene rings is 1. The van der Waals surface area contributed by atoms with Gasteiger partial charge in [-0.15, -0.1) is 0 Å². The van der Waals surface area contributed by atoms with Crippen LogP contribution in [0.25, 0.3) is 0 Å². The van der Waals surface area contributed by atoms with Crippen LogP contribution >= 0.6 is 0 Å². The molecule has 18 heavy (non-hydrogen) atoms. The molecule has 1 heterocycles. The summed E-state index contributed by atoms with van der Waals surface area (Å²) in [5.74, 6) is -0.316. The van der Waals surface area contributed by atoms with E-state index in [4.69, 9.17) is 4.74 Å². The number of aromatic nitrogens is 2. The third-order valence-corrected chi connectivity index (χ3v) is 2.67. The van der Waals surface area contributed by atoms with Gasteiger partial charge in [0.2, 0.25) is 0 Å². The second-order valence-corrected chi connectivity index (χ2v) is 4.04. The number of rotatable bonds is 4. The standard InChI is InChI=1S/C14H16N2O2/c1-3-18-14(17)13-11(2)9-15-16(13)10-12-7-5-4-6-8-12/h4-9H,3,10H2,1-2H3. The average Bonchev–Trinajstić information content (AvgIpc) is 2.72. The van der Waals surface area contributed by atoms with Crippen LogP contribution < -0.4 is 0 Å². The zero-order chi connectivity index (χ0) is 13.0. The maximum Gasteiger partial charge on any atom is 0.356 e. The summed E-state index contributed by atoms with van der Waals surface area (Å²) >= 11 is 0. The van der Waals surface area contributed by atoms with Crippen LogP contribution in [0.15, 0.2) is 36.5 Å². The van der Waals surface area contributed by atoms with Crippen molar-refractivity contribution in [2.45, 2.75) is 20.4 Å². The van der Waals surface area contributed by atoms with Gasteiger partial charge in [-0.1, -0.05) is 30.3 Å². The van der Waals surface area contributed by atoms with Crippen molar-refractivity contribution >= 4 is 5.97 Å². The Morgan fingerprint density at radius 3 is 2.72 bits per heavy atom. The van der Waals surface area contributed by atoms with Gasteiger partial charge in [0.05, 0.1) is 19.3 Å². The molecule has 2 rings (SSSR count). The minimum absolute atomic E-state index is 0.316. The highest BCUT2D eigenvalue weighted by atomic mass is 16.5. The van der Waals surface area contributed by atoms with Crippen molar-refractivity contribution in [3.8, 4) is 0 Å². The first-order chi connectivity index (χ1) is 8.72. The van der Waals surface area contributed by atoms with Crippen molar-refractivity contribution in [2.75, 3.05) is 6.61 Å². The minimum Gasteiger partial charge on any atom is -0.461 e. The minimum atomic E-state index is -0.316. The van der Waals surface area contributed by atoms with Crippen molar-refractivity contribution in [3.63, 3.8) is 0 Å². The third kappa shape index (κ3) is 2.59. The van der Waals surface area contributed by atoms with Crippen molar-refractivity contribution in [1.82, 2.24) is 9.78 Å². The van der Waals surface area contributed by atoms with Crippen molar-refractivity contribution < 1.29 is 9.53 Å². The summed E-state index contributed by atoms with van der Waals surface area (Å²) in [6, 6.07) is 9.91. The zero-order valence-electron chi connectivity index (χ0n) is 10.6. The van der Waals surface area contributed by atoms with E-state index in [-0.39, 0.29) is 5.97 Å². The van der Waals surface area contributed by atoms with Gasteiger partial charge in [-0.3, -0.25) is 4.68 Å². The molecule has 2 aromatic rings. The molecule has 0 saturated carbocycles. The van der Waals surface area contributed by atoms with E-state index < -0.39 is 0 Å². The van der Waals surface area contributed by atoms with E-state index in [1.807, 2.05) is 37.3 Å². The van der Waals surface area contributed by atoms with Crippen LogP contribution in [0.5, 0.6) is 0 Å². The topological polar surface area (TPSA) is 44.1 Å². The summed E-state index contributed by atoms with van der Waals surface area (Å²) in [6.07, 6.45) is 1.69. The maximum absolute atomic E-state index is 11.9. The zero-order valence-corrected chi connectivity index (χ0v) is 10.6. The first-order valence-electron chi connectivity index (χ1n) is 5.95. The Balaban J connectivity index is 2.26. The van der Waals surface area contributed by atoms with Gasteiger partial charge in [0, 0.05) is 5.56 Å². The molecule has 0 N–H and O–H groups in total. The molecule has 0 fully saturated rings. The van der Waals surface area contributed by atoms with Gasteiger partial charge in [0.25, 0.3) is 0 Å².